The normalized spacial score (nSPS) is 22.2. The van der Waals surface area contributed by atoms with Crippen LogP contribution in [0.25, 0.3) is 10.9 Å². The molecule has 96 valence electrons. The van der Waals surface area contributed by atoms with Gasteiger partial charge in [0.25, 0.3) is 0 Å². The third kappa shape index (κ3) is 1.81. The minimum atomic E-state index is -2.55. The van der Waals surface area contributed by atoms with Crippen molar-refractivity contribution in [1.29, 1.82) is 0 Å². The molecule has 2 aromatic rings. The van der Waals surface area contributed by atoms with Crippen molar-refractivity contribution in [3.8, 4) is 0 Å². The zero-order valence-corrected chi connectivity index (χ0v) is 10.0. The summed E-state index contributed by atoms with van der Waals surface area (Å²) >= 11 is 0. The number of nitrogens with two attached hydrogens (primary N) is 1. The highest BCUT2D eigenvalue weighted by Gasteiger charge is 2.42. The van der Waals surface area contributed by atoms with Crippen molar-refractivity contribution in [2.45, 2.75) is 37.1 Å². The second-order valence-corrected chi connectivity index (χ2v) is 5.26. The summed E-state index contributed by atoms with van der Waals surface area (Å²) in [4.78, 5) is 3.13. The molecule has 1 aliphatic rings. The lowest BCUT2D eigenvalue weighted by Gasteiger charge is -2.37. The summed E-state index contributed by atoms with van der Waals surface area (Å²) in [5, 5.41) is 1.05. The number of alkyl halides is 2. The maximum atomic E-state index is 13.3. The molecule has 1 aliphatic carbocycles. The smallest absolute Gasteiger partial charge is 0.248 e. The lowest BCUT2D eigenvalue weighted by atomic mass is 9.75. The Balaban J connectivity index is 2.02. The maximum Gasteiger partial charge on any atom is 0.248 e. The molecule has 0 unspecified atom stereocenters. The fourth-order valence-corrected chi connectivity index (χ4v) is 2.85. The number of nitrogens with one attached hydrogen (secondary N) is 1. The van der Waals surface area contributed by atoms with Gasteiger partial charge >= 0.3 is 0 Å². The van der Waals surface area contributed by atoms with Crippen molar-refractivity contribution >= 4 is 10.9 Å². The summed E-state index contributed by atoms with van der Waals surface area (Å²) in [5.74, 6) is -2.55. The number of hydrogen-bond acceptors (Lipinski definition) is 1. The van der Waals surface area contributed by atoms with Gasteiger partial charge in [0.2, 0.25) is 5.92 Å². The van der Waals surface area contributed by atoms with Crippen LogP contribution in [0.2, 0.25) is 0 Å². The quantitative estimate of drug-likeness (QED) is 0.798. The van der Waals surface area contributed by atoms with Gasteiger partial charge < -0.3 is 10.7 Å². The monoisotopic (exact) mass is 250 g/mol. The highest BCUT2D eigenvalue weighted by molar-refractivity contribution is 5.84. The van der Waals surface area contributed by atoms with E-state index in [1.54, 1.807) is 0 Å². The van der Waals surface area contributed by atoms with Crippen LogP contribution >= 0.6 is 0 Å². The van der Waals surface area contributed by atoms with E-state index < -0.39 is 11.5 Å². The summed E-state index contributed by atoms with van der Waals surface area (Å²) in [5.41, 5.74) is 7.75. The topological polar surface area (TPSA) is 41.8 Å². The second-order valence-electron chi connectivity index (χ2n) is 5.26. The Morgan fingerprint density at radius 3 is 2.50 bits per heavy atom. The number of halogens is 2. The molecular weight excluding hydrogens is 234 g/mol. The number of fused-ring (bicyclic) bond motifs is 1. The standard InChI is InChI=1S/C14H16F2N2/c15-14(16)7-5-13(17,6-8-14)11-2-1-3-12-10(11)4-9-18-12/h1-4,9,18H,5-8,17H2. The van der Waals surface area contributed by atoms with E-state index in [1.807, 2.05) is 30.5 Å². The first-order valence-electron chi connectivity index (χ1n) is 6.24. The molecule has 0 bridgehead atoms. The summed E-state index contributed by atoms with van der Waals surface area (Å²) in [7, 11) is 0. The summed E-state index contributed by atoms with van der Waals surface area (Å²) in [6, 6.07) is 7.82. The zero-order chi connectivity index (χ0) is 12.8. The molecule has 3 rings (SSSR count). The van der Waals surface area contributed by atoms with Crippen LogP contribution in [-0.2, 0) is 5.54 Å². The Morgan fingerprint density at radius 1 is 1.06 bits per heavy atom. The van der Waals surface area contributed by atoms with Crippen molar-refractivity contribution in [2.75, 3.05) is 0 Å². The first kappa shape index (κ1) is 11.7. The number of rotatable bonds is 1. The predicted octanol–water partition coefficient (Wildman–Crippen LogP) is 3.53. The molecule has 1 saturated carbocycles. The number of benzene rings is 1. The molecule has 0 radical (unpaired) electrons. The number of hydrogen-bond donors (Lipinski definition) is 2. The van der Waals surface area contributed by atoms with Crippen molar-refractivity contribution < 1.29 is 8.78 Å². The SMILES string of the molecule is NC1(c2cccc3[nH]ccc23)CCC(F)(F)CC1. The first-order valence-corrected chi connectivity index (χ1v) is 6.24. The number of H-pyrrole nitrogens is 1. The third-order valence-electron chi connectivity index (χ3n) is 4.01. The van der Waals surface area contributed by atoms with E-state index in [1.165, 1.54) is 0 Å². The Labute approximate surface area is 104 Å². The van der Waals surface area contributed by atoms with E-state index in [-0.39, 0.29) is 12.8 Å². The Morgan fingerprint density at radius 2 is 1.78 bits per heavy atom. The van der Waals surface area contributed by atoms with E-state index in [9.17, 15) is 8.78 Å². The molecule has 0 atom stereocenters. The van der Waals surface area contributed by atoms with Gasteiger partial charge in [-0.3, -0.25) is 0 Å². The van der Waals surface area contributed by atoms with E-state index >= 15 is 0 Å². The van der Waals surface area contributed by atoms with Gasteiger partial charge in [0.05, 0.1) is 0 Å². The molecule has 1 aromatic carbocycles. The van der Waals surface area contributed by atoms with Crippen LogP contribution in [0.4, 0.5) is 8.78 Å². The molecule has 2 nitrogen and oxygen atoms in total. The molecule has 18 heavy (non-hydrogen) atoms. The van der Waals surface area contributed by atoms with E-state index in [2.05, 4.69) is 4.98 Å². The van der Waals surface area contributed by atoms with Crippen molar-refractivity contribution in [2.24, 2.45) is 5.73 Å². The fraction of sp³-hybridized carbons (Fsp3) is 0.429. The van der Waals surface area contributed by atoms with Crippen molar-refractivity contribution in [3.63, 3.8) is 0 Å². The molecule has 1 aromatic heterocycles. The van der Waals surface area contributed by atoms with Crippen LogP contribution in [0.3, 0.4) is 0 Å². The predicted molar refractivity (Wildman–Crippen MR) is 67.6 cm³/mol. The maximum absolute atomic E-state index is 13.3. The summed E-state index contributed by atoms with van der Waals surface area (Å²) in [6.45, 7) is 0. The molecule has 0 spiro atoms. The lowest BCUT2D eigenvalue weighted by Crippen LogP contribution is -2.43. The molecule has 4 heteroatoms. The number of aromatic nitrogens is 1. The van der Waals surface area contributed by atoms with Crippen LogP contribution in [-0.4, -0.2) is 10.9 Å². The average Bonchev–Trinajstić information content (AvgIpc) is 2.81. The van der Waals surface area contributed by atoms with Gasteiger partial charge in [0.1, 0.15) is 0 Å². The Kier molecular flexibility index (Phi) is 2.45. The lowest BCUT2D eigenvalue weighted by molar-refractivity contribution is -0.0512. The van der Waals surface area contributed by atoms with Crippen molar-refractivity contribution in [3.05, 3.63) is 36.0 Å². The van der Waals surface area contributed by atoms with Gasteiger partial charge in [-0.15, -0.1) is 0 Å². The van der Waals surface area contributed by atoms with Gasteiger partial charge in [0, 0.05) is 35.5 Å². The molecule has 1 fully saturated rings. The van der Waals surface area contributed by atoms with Crippen LogP contribution in [0.1, 0.15) is 31.2 Å². The number of aromatic amines is 1. The van der Waals surface area contributed by atoms with Crippen LogP contribution in [0, 0.1) is 0 Å². The van der Waals surface area contributed by atoms with Crippen LogP contribution < -0.4 is 5.73 Å². The molecule has 0 saturated heterocycles. The van der Waals surface area contributed by atoms with E-state index in [0.29, 0.717) is 12.8 Å². The largest absolute Gasteiger partial charge is 0.361 e. The van der Waals surface area contributed by atoms with Gasteiger partial charge in [-0.2, -0.15) is 0 Å². The fourth-order valence-electron chi connectivity index (χ4n) is 2.85. The summed E-state index contributed by atoms with van der Waals surface area (Å²) in [6.07, 6.45) is 2.29. The van der Waals surface area contributed by atoms with Gasteiger partial charge in [-0.25, -0.2) is 8.78 Å². The van der Waals surface area contributed by atoms with Gasteiger partial charge in [0.15, 0.2) is 0 Å². The highest BCUT2D eigenvalue weighted by atomic mass is 19.3. The van der Waals surface area contributed by atoms with Gasteiger partial charge in [-0.05, 0) is 30.5 Å². The molecule has 1 heterocycles. The minimum absolute atomic E-state index is 0.121. The molecular formula is C14H16F2N2. The average molecular weight is 250 g/mol. The van der Waals surface area contributed by atoms with Crippen LogP contribution in [0.5, 0.6) is 0 Å². The minimum Gasteiger partial charge on any atom is -0.361 e. The Hall–Kier alpha value is -1.42. The highest BCUT2D eigenvalue weighted by Crippen LogP contribution is 2.43. The second kappa shape index (κ2) is 3.79. The van der Waals surface area contributed by atoms with Gasteiger partial charge in [-0.1, -0.05) is 12.1 Å². The molecule has 3 N–H and O–H groups in total. The van der Waals surface area contributed by atoms with E-state index in [4.69, 9.17) is 5.73 Å². The molecule has 0 aliphatic heterocycles. The third-order valence-corrected chi connectivity index (χ3v) is 4.01. The first-order chi connectivity index (χ1) is 8.50. The molecule has 0 amide bonds. The zero-order valence-electron chi connectivity index (χ0n) is 10.0. The van der Waals surface area contributed by atoms with Crippen molar-refractivity contribution in [1.82, 2.24) is 4.98 Å². The Bertz CT molecular complexity index is 564. The van der Waals surface area contributed by atoms with Crippen LogP contribution in [0.15, 0.2) is 30.5 Å². The van der Waals surface area contributed by atoms with E-state index in [0.717, 1.165) is 16.5 Å². The summed E-state index contributed by atoms with van der Waals surface area (Å²) < 4.78 is 26.5.